The van der Waals surface area contributed by atoms with E-state index in [1.165, 1.54) is 11.3 Å². The highest BCUT2D eigenvalue weighted by Gasteiger charge is 2.12. The summed E-state index contributed by atoms with van der Waals surface area (Å²) in [4.78, 5) is 24.8. The van der Waals surface area contributed by atoms with E-state index in [4.69, 9.17) is 6.42 Å². The highest BCUT2D eigenvalue weighted by molar-refractivity contribution is 7.14. The van der Waals surface area contributed by atoms with Crippen molar-refractivity contribution in [2.24, 2.45) is 0 Å². The average molecular weight is 249 g/mol. The summed E-state index contributed by atoms with van der Waals surface area (Å²) >= 11 is 1.44. The standard InChI is InChI=1S/C13H15NO2S/c1-4-5-6-11(15)8-14-13(16)12-9(2)7-10(3)17-12/h1,7H,5-6,8H2,2-3H3,(H,14,16). The summed E-state index contributed by atoms with van der Waals surface area (Å²) < 4.78 is 0. The predicted octanol–water partition coefficient (Wildman–Crippen LogP) is 2.08. The van der Waals surface area contributed by atoms with Gasteiger partial charge in [0.1, 0.15) is 0 Å². The van der Waals surface area contributed by atoms with Crippen LogP contribution in [-0.2, 0) is 4.79 Å². The number of hydrogen-bond acceptors (Lipinski definition) is 3. The molecule has 4 heteroatoms. The van der Waals surface area contributed by atoms with Crippen LogP contribution in [0.2, 0.25) is 0 Å². The van der Waals surface area contributed by atoms with E-state index in [0.717, 1.165) is 10.4 Å². The molecule has 1 rings (SSSR count). The topological polar surface area (TPSA) is 46.2 Å². The molecule has 1 heterocycles. The predicted molar refractivity (Wildman–Crippen MR) is 69.2 cm³/mol. The van der Waals surface area contributed by atoms with Gasteiger partial charge in [-0.15, -0.1) is 23.7 Å². The number of hydrogen-bond donors (Lipinski definition) is 1. The number of nitrogens with one attached hydrogen (secondary N) is 1. The number of ketones is 1. The number of aryl methyl sites for hydroxylation is 2. The number of Topliss-reactive ketones (excluding diaryl/α,β-unsaturated/α-hetero) is 1. The lowest BCUT2D eigenvalue weighted by Crippen LogP contribution is -2.29. The molecule has 0 saturated carbocycles. The van der Waals surface area contributed by atoms with Gasteiger partial charge in [0.25, 0.3) is 5.91 Å². The third kappa shape index (κ3) is 4.04. The number of carbonyl (C=O) groups excluding carboxylic acids is 2. The second kappa shape index (κ2) is 6.21. The van der Waals surface area contributed by atoms with Crippen LogP contribution in [0.15, 0.2) is 6.07 Å². The van der Waals surface area contributed by atoms with Crippen molar-refractivity contribution in [2.75, 3.05) is 6.54 Å². The summed E-state index contributed by atoms with van der Waals surface area (Å²) in [6, 6.07) is 1.96. The molecule has 1 N–H and O–H groups in total. The monoisotopic (exact) mass is 249 g/mol. The zero-order chi connectivity index (χ0) is 12.8. The maximum atomic E-state index is 11.8. The molecule has 0 saturated heterocycles. The molecule has 17 heavy (non-hydrogen) atoms. The van der Waals surface area contributed by atoms with Crippen molar-refractivity contribution in [1.29, 1.82) is 0 Å². The van der Waals surface area contributed by atoms with Gasteiger partial charge in [0.2, 0.25) is 0 Å². The van der Waals surface area contributed by atoms with E-state index < -0.39 is 0 Å². The van der Waals surface area contributed by atoms with Crippen LogP contribution in [0.25, 0.3) is 0 Å². The van der Waals surface area contributed by atoms with Crippen LogP contribution in [0, 0.1) is 26.2 Å². The lowest BCUT2D eigenvalue weighted by Gasteiger charge is -2.02. The molecule has 0 bridgehead atoms. The maximum Gasteiger partial charge on any atom is 0.261 e. The van der Waals surface area contributed by atoms with Crippen LogP contribution in [-0.4, -0.2) is 18.2 Å². The molecule has 0 unspecified atom stereocenters. The molecular formula is C13H15NO2S. The molecule has 0 radical (unpaired) electrons. The van der Waals surface area contributed by atoms with Gasteiger partial charge >= 0.3 is 0 Å². The number of terminal acetylenes is 1. The van der Waals surface area contributed by atoms with Crippen molar-refractivity contribution < 1.29 is 9.59 Å². The Hall–Kier alpha value is -1.60. The molecular weight excluding hydrogens is 234 g/mol. The normalized spacial score (nSPS) is 9.71. The Labute approximate surface area is 105 Å². The first-order valence-corrected chi connectivity index (χ1v) is 6.16. The van der Waals surface area contributed by atoms with E-state index in [0.29, 0.717) is 17.7 Å². The van der Waals surface area contributed by atoms with Crippen LogP contribution in [0.3, 0.4) is 0 Å². The third-order valence-corrected chi connectivity index (χ3v) is 3.39. The van der Waals surface area contributed by atoms with Crippen molar-refractivity contribution >= 4 is 23.0 Å². The van der Waals surface area contributed by atoms with Crippen molar-refractivity contribution in [3.8, 4) is 12.3 Å². The highest BCUT2D eigenvalue weighted by Crippen LogP contribution is 2.20. The smallest absolute Gasteiger partial charge is 0.261 e. The minimum absolute atomic E-state index is 0.0396. The van der Waals surface area contributed by atoms with Crippen LogP contribution < -0.4 is 5.32 Å². The van der Waals surface area contributed by atoms with Crippen molar-refractivity contribution in [1.82, 2.24) is 5.32 Å². The molecule has 1 aromatic heterocycles. The van der Waals surface area contributed by atoms with Crippen LogP contribution in [0.4, 0.5) is 0 Å². The fourth-order valence-electron chi connectivity index (χ4n) is 1.43. The van der Waals surface area contributed by atoms with Crippen molar-refractivity contribution in [3.63, 3.8) is 0 Å². The average Bonchev–Trinajstić information content (AvgIpc) is 2.62. The maximum absolute atomic E-state index is 11.8. The second-order valence-electron chi connectivity index (χ2n) is 3.79. The summed E-state index contributed by atoms with van der Waals surface area (Å²) in [5, 5.41) is 2.62. The summed E-state index contributed by atoms with van der Waals surface area (Å²) in [6.45, 7) is 3.89. The summed E-state index contributed by atoms with van der Waals surface area (Å²) in [5.41, 5.74) is 0.945. The molecule has 0 fully saturated rings. The Morgan fingerprint density at radius 3 is 2.71 bits per heavy atom. The SMILES string of the molecule is C#CCCC(=O)CNC(=O)c1sc(C)cc1C. The Bertz CT molecular complexity index is 468. The zero-order valence-electron chi connectivity index (χ0n) is 10.0. The van der Waals surface area contributed by atoms with E-state index in [-0.39, 0.29) is 18.2 Å². The molecule has 90 valence electrons. The molecule has 0 atom stereocenters. The molecule has 0 aliphatic heterocycles. The molecule has 0 aliphatic rings. The second-order valence-corrected chi connectivity index (χ2v) is 5.05. The first kappa shape index (κ1) is 13.5. The largest absolute Gasteiger partial charge is 0.344 e. The Morgan fingerprint density at radius 1 is 1.47 bits per heavy atom. The number of rotatable bonds is 5. The summed E-state index contributed by atoms with van der Waals surface area (Å²) in [6.07, 6.45) is 5.80. The molecule has 1 amide bonds. The third-order valence-electron chi connectivity index (χ3n) is 2.24. The lowest BCUT2D eigenvalue weighted by molar-refractivity contribution is -0.118. The van der Waals surface area contributed by atoms with Gasteiger partial charge in [-0.2, -0.15) is 0 Å². The quantitative estimate of drug-likeness (QED) is 0.812. The van der Waals surface area contributed by atoms with Crippen LogP contribution in [0.1, 0.15) is 33.0 Å². The molecule has 0 aromatic carbocycles. The van der Waals surface area contributed by atoms with Gasteiger partial charge in [-0.05, 0) is 25.5 Å². The first-order valence-electron chi connectivity index (χ1n) is 5.35. The van der Waals surface area contributed by atoms with E-state index >= 15 is 0 Å². The molecule has 0 aliphatic carbocycles. The van der Waals surface area contributed by atoms with Crippen molar-refractivity contribution in [2.45, 2.75) is 26.7 Å². The lowest BCUT2D eigenvalue weighted by atomic mass is 10.2. The highest BCUT2D eigenvalue weighted by atomic mass is 32.1. The van der Waals surface area contributed by atoms with Crippen LogP contribution >= 0.6 is 11.3 Å². The minimum Gasteiger partial charge on any atom is -0.344 e. The van der Waals surface area contributed by atoms with Gasteiger partial charge in [-0.25, -0.2) is 0 Å². The van der Waals surface area contributed by atoms with Gasteiger partial charge < -0.3 is 5.32 Å². The van der Waals surface area contributed by atoms with E-state index in [2.05, 4.69) is 11.2 Å². The van der Waals surface area contributed by atoms with Gasteiger partial charge in [-0.1, -0.05) is 0 Å². The number of amides is 1. The molecule has 1 aromatic rings. The first-order chi connectivity index (χ1) is 8.04. The molecule has 0 spiro atoms. The fraction of sp³-hybridized carbons (Fsp3) is 0.385. The Balaban J connectivity index is 2.48. The van der Waals surface area contributed by atoms with Gasteiger partial charge in [-0.3, -0.25) is 9.59 Å². The molecule has 3 nitrogen and oxygen atoms in total. The number of carbonyl (C=O) groups is 2. The number of thiophene rings is 1. The van der Waals surface area contributed by atoms with Crippen LogP contribution in [0.5, 0.6) is 0 Å². The Kier molecular flexibility index (Phi) is 4.92. The summed E-state index contributed by atoms with van der Waals surface area (Å²) in [5.74, 6) is 2.17. The summed E-state index contributed by atoms with van der Waals surface area (Å²) in [7, 11) is 0. The van der Waals surface area contributed by atoms with Crippen molar-refractivity contribution in [3.05, 3.63) is 21.4 Å². The zero-order valence-corrected chi connectivity index (χ0v) is 10.8. The minimum atomic E-state index is -0.186. The van der Waals surface area contributed by atoms with E-state index in [9.17, 15) is 9.59 Å². The van der Waals surface area contributed by atoms with Gasteiger partial charge in [0.05, 0.1) is 11.4 Å². The van der Waals surface area contributed by atoms with E-state index in [1.54, 1.807) is 0 Å². The van der Waals surface area contributed by atoms with E-state index in [1.807, 2.05) is 19.9 Å². The van der Waals surface area contributed by atoms with Gasteiger partial charge in [0, 0.05) is 17.7 Å². The Morgan fingerprint density at radius 2 is 2.18 bits per heavy atom. The van der Waals surface area contributed by atoms with Gasteiger partial charge in [0.15, 0.2) is 5.78 Å². The fourth-order valence-corrected chi connectivity index (χ4v) is 2.37.